The first-order valence-electron chi connectivity index (χ1n) is 9.64. The van der Waals surface area contributed by atoms with Crippen LogP contribution in [0.3, 0.4) is 0 Å². The van der Waals surface area contributed by atoms with Crippen LogP contribution in [0.5, 0.6) is 0 Å². The number of para-hydroxylation sites is 1. The molecular formula is C25H17N3O2. The van der Waals surface area contributed by atoms with Gasteiger partial charge in [-0.1, -0.05) is 42.5 Å². The number of rotatable bonds is 4. The Labute approximate surface area is 173 Å². The van der Waals surface area contributed by atoms with Crippen molar-refractivity contribution in [1.82, 2.24) is 9.97 Å². The normalized spacial score (nSPS) is 13.4. The zero-order chi connectivity index (χ0) is 20.5. The number of hydrogen-bond donors (Lipinski definition) is 0. The van der Waals surface area contributed by atoms with Gasteiger partial charge in [-0.15, -0.1) is 0 Å². The molecule has 0 aliphatic carbocycles. The molecule has 0 saturated carbocycles. The number of carbonyl (C=O) groups excluding carboxylic acids is 2. The van der Waals surface area contributed by atoms with Gasteiger partial charge in [-0.05, 0) is 42.0 Å². The van der Waals surface area contributed by atoms with Crippen molar-refractivity contribution in [2.45, 2.75) is 0 Å². The van der Waals surface area contributed by atoms with Crippen LogP contribution in [0.15, 0.2) is 85.2 Å². The number of carbonyl (C=O) groups is 2. The van der Waals surface area contributed by atoms with Crippen LogP contribution in [0.4, 0.5) is 5.69 Å². The van der Waals surface area contributed by atoms with Gasteiger partial charge < -0.3 is 4.90 Å². The van der Waals surface area contributed by atoms with Crippen molar-refractivity contribution in [3.8, 4) is 11.1 Å². The Balaban J connectivity index is 1.40. The molecule has 30 heavy (non-hydrogen) atoms. The fourth-order valence-electron chi connectivity index (χ4n) is 3.65. The Morgan fingerprint density at radius 2 is 1.80 bits per heavy atom. The highest BCUT2D eigenvalue weighted by Crippen LogP contribution is 2.32. The second-order valence-electron chi connectivity index (χ2n) is 7.05. The molecule has 0 fully saturated rings. The van der Waals surface area contributed by atoms with Gasteiger partial charge in [0.05, 0.1) is 22.5 Å². The highest BCUT2D eigenvalue weighted by molar-refractivity contribution is 6.52. The number of Topliss-reactive ketones (excluding diaryl/α,β-unsaturated/α-hetero) is 1. The molecule has 0 spiro atoms. The first-order valence-corrected chi connectivity index (χ1v) is 9.64. The highest BCUT2D eigenvalue weighted by atomic mass is 16.2. The minimum absolute atomic E-state index is 0.304. The standard InChI is InChI=1S/C25H17N3O2/c29-24-21-15-18(19-6-3-13-26-16-19)10-12-23(21)28(25(24)30)14-4-7-20-11-9-17-5-1-2-8-22(17)27-20/h1-13,15-16H,14H2. The number of amides is 1. The van der Waals surface area contributed by atoms with Gasteiger partial charge in [-0.2, -0.15) is 0 Å². The third-order valence-corrected chi connectivity index (χ3v) is 5.16. The van der Waals surface area contributed by atoms with Gasteiger partial charge in [0.15, 0.2) is 0 Å². The molecule has 0 saturated heterocycles. The lowest BCUT2D eigenvalue weighted by Crippen LogP contribution is -2.29. The first kappa shape index (κ1) is 17.9. The zero-order valence-corrected chi connectivity index (χ0v) is 16.0. The summed E-state index contributed by atoms with van der Waals surface area (Å²) in [5, 5.41) is 1.08. The summed E-state index contributed by atoms with van der Waals surface area (Å²) in [5.74, 6) is -0.988. The van der Waals surface area contributed by atoms with Crippen molar-refractivity contribution in [1.29, 1.82) is 0 Å². The van der Waals surface area contributed by atoms with Crippen molar-refractivity contribution in [2.75, 3.05) is 11.4 Å². The van der Waals surface area contributed by atoms with Crippen LogP contribution in [-0.4, -0.2) is 28.2 Å². The van der Waals surface area contributed by atoms with Gasteiger partial charge in [0.2, 0.25) is 0 Å². The molecule has 1 aliphatic heterocycles. The number of aromatic nitrogens is 2. The van der Waals surface area contributed by atoms with Crippen LogP contribution in [0.2, 0.25) is 0 Å². The summed E-state index contributed by atoms with van der Waals surface area (Å²) in [6, 6.07) is 21.1. The number of hydrogen-bond acceptors (Lipinski definition) is 4. The molecule has 0 bridgehead atoms. The quantitative estimate of drug-likeness (QED) is 0.479. The van der Waals surface area contributed by atoms with Crippen molar-refractivity contribution < 1.29 is 9.59 Å². The van der Waals surface area contributed by atoms with Crippen LogP contribution < -0.4 is 4.90 Å². The fraction of sp³-hybridized carbons (Fsp3) is 0.0400. The SMILES string of the molecule is O=C1C(=O)N(CC=Cc2ccc3ccccc3n2)c2ccc(-c3cccnc3)cc21. The Hall–Kier alpha value is -4.12. The molecule has 1 amide bonds. The lowest BCUT2D eigenvalue weighted by molar-refractivity contribution is -0.114. The summed E-state index contributed by atoms with van der Waals surface area (Å²) < 4.78 is 0. The molecule has 5 nitrogen and oxygen atoms in total. The predicted molar refractivity (Wildman–Crippen MR) is 117 cm³/mol. The number of fused-ring (bicyclic) bond motifs is 2. The van der Waals surface area contributed by atoms with Crippen LogP contribution in [-0.2, 0) is 4.79 Å². The lowest BCUT2D eigenvalue weighted by atomic mass is 10.0. The smallest absolute Gasteiger partial charge is 0.299 e. The third-order valence-electron chi connectivity index (χ3n) is 5.16. The molecular weight excluding hydrogens is 374 g/mol. The van der Waals surface area contributed by atoms with Crippen molar-refractivity contribution in [2.24, 2.45) is 0 Å². The van der Waals surface area contributed by atoms with Crippen LogP contribution >= 0.6 is 0 Å². The van der Waals surface area contributed by atoms with Gasteiger partial charge in [-0.25, -0.2) is 4.98 Å². The van der Waals surface area contributed by atoms with Gasteiger partial charge >= 0.3 is 0 Å². The maximum atomic E-state index is 12.5. The average Bonchev–Trinajstić information content (AvgIpc) is 3.04. The Bertz CT molecular complexity index is 1310. The number of anilines is 1. The van der Waals surface area contributed by atoms with Crippen LogP contribution in [0, 0.1) is 0 Å². The molecule has 2 aromatic carbocycles. The molecule has 0 unspecified atom stereocenters. The van der Waals surface area contributed by atoms with E-state index in [-0.39, 0.29) is 0 Å². The molecule has 0 N–H and O–H groups in total. The zero-order valence-electron chi connectivity index (χ0n) is 16.0. The van der Waals surface area contributed by atoms with E-state index in [1.807, 2.05) is 72.8 Å². The molecule has 5 heteroatoms. The summed E-state index contributed by atoms with van der Waals surface area (Å²) in [4.78, 5) is 35.3. The average molecular weight is 391 g/mol. The number of nitrogens with zero attached hydrogens (tertiary/aromatic N) is 3. The molecule has 4 aromatic rings. The van der Waals surface area contributed by atoms with Crippen molar-refractivity contribution in [3.05, 3.63) is 96.5 Å². The van der Waals surface area contributed by atoms with Crippen LogP contribution in [0.1, 0.15) is 16.1 Å². The summed E-state index contributed by atoms with van der Waals surface area (Å²) in [5.41, 5.74) is 4.55. The van der Waals surface area contributed by atoms with Gasteiger partial charge in [0.25, 0.3) is 11.7 Å². The molecule has 2 aromatic heterocycles. The molecule has 0 atom stereocenters. The van der Waals surface area contributed by atoms with E-state index >= 15 is 0 Å². The summed E-state index contributed by atoms with van der Waals surface area (Å²) in [7, 11) is 0. The molecule has 144 valence electrons. The predicted octanol–water partition coefficient (Wildman–Crippen LogP) is 4.54. The first-order chi connectivity index (χ1) is 14.7. The highest BCUT2D eigenvalue weighted by Gasteiger charge is 2.35. The maximum Gasteiger partial charge on any atom is 0.299 e. The summed E-state index contributed by atoms with van der Waals surface area (Å²) in [6.07, 6.45) is 7.16. The summed E-state index contributed by atoms with van der Waals surface area (Å²) >= 11 is 0. The number of benzene rings is 2. The van der Waals surface area contributed by atoms with E-state index in [0.29, 0.717) is 17.8 Å². The minimum Gasteiger partial charge on any atom is -0.301 e. The number of ketones is 1. The maximum absolute atomic E-state index is 12.5. The largest absolute Gasteiger partial charge is 0.301 e. The molecule has 3 heterocycles. The molecule has 0 radical (unpaired) electrons. The van der Waals surface area contributed by atoms with Gasteiger partial charge in [-0.3, -0.25) is 14.6 Å². The van der Waals surface area contributed by atoms with Crippen molar-refractivity contribution >= 4 is 34.4 Å². The van der Waals surface area contributed by atoms with Gasteiger partial charge in [0, 0.05) is 29.9 Å². The second kappa shape index (κ2) is 7.37. The van der Waals surface area contributed by atoms with E-state index in [0.717, 1.165) is 27.7 Å². The Kier molecular flexibility index (Phi) is 4.41. The third kappa shape index (κ3) is 3.16. The minimum atomic E-state index is -0.510. The van der Waals surface area contributed by atoms with Crippen molar-refractivity contribution in [3.63, 3.8) is 0 Å². The summed E-state index contributed by atoms with van der Waals surface area (Å²) in [6.45, 7) is 0.304. The van der Waals surface area contributed by atoms with E-state index in [4.69, 9.17) is 0 Å². The second-order valence-corrected chi connectivity index (χ2v) is 7.05. The lowest BCUT2D eigenvalue weighted by Gasteiger charge is -2.14. The van der Waals surface area contributed by atoms with E-state index in [1.165, 1.54) is 4.90 Å². The van der Waals surface area contributed by atoms with E-state index in [9.17, 15) is 9.59 Å². The van der Waals surface area contributed by atoms with Crippen LogP contribution in [0.25, 0.3) is 28.1 Å². The van der Waals surface area contributed by atoms with E-state index in [1.54, 1.807) is 18.5 Å². The Morgan fingerprint density at radius 1 is 0.900 bits per heavy atom. The molecule has 5 rings (SSSR count). The molecule has 1 aliphatic rings. The van der Waals surface area contributed by atoms with E-state index < -0.39 is 11.7 Å². The Morgan fingerprint density at radius 3 is 2.67 bits per heavy atom. The fourth-order valence-corrected chi connectivity index (χ4v) is 3.65. The number of pyridine rings is 2. The topological polar surface area (TPSA) is 63.2 Å². The monoisotopic (exact) mass is 391 g/mol. The van der Waals surface area contributed by atoms with Gasteiger partial charge in [0.1, 0.15) is 0 Å². The van der Waals surface area contributed by atoms with E-state index in [2.05, 4.69) is 9.97 Å².